The molecule has 1 aromatic heterocycles. The summed E-state index contributed by atoms with van der Waals surface area (Å²) in [7, 11) is 0. The maximum absolute atomic E-state index is 4.26. The third-order valence-electron chi connectivity index (χ3n) is 3.37. The predicted octanol–water partition coefficient (Wildman–Crippen LogP) is 4.81. The van der Waals surface area contributed by atoms with Crippen LogP contribution < -0.4 is 5.32 Å². The molecule has 0 radical (unpaired) electrons. The van der Waals surface area contributed by atoms with E-state index in [1.54, 1.807) is 6.20 Å². The van der Waals surface area contributed by atoms with Crippen LogP contribution in [0.5, 0.6) is 0 Å². The Bertz CT molecular complexity index is 705. The van der Waals surface area contributed by atoms with Gasteiger partial charge in [-0.3, -0.25) is 0 Å². The molecule has 0 aliphatic rings. The van der Waals surface area contributed by atoms with Gasteiger partial charge in [0.1, 0.15) is 0 Å². The minimum absolute atomic E-state index is 0.242. The molecule has 3 aromatic rings. The molecule has 3 rings (SSSR count). The SMILES string of the molecule is CC(Nc1cccc(-n2cccn2)c1)c1ccc(Br)cc1. The van der Waals surface area contributed by atoms with Gasteiger partial charge in [-0.15, -0.1) is 0 Å². The van der Waals surface area contributed by atoms with Gasteiger partial charge in [0.15, 0.2) is 0 Å². The Hall–Kier alpha value is -2.07. The van der Waals surface area contributed by atoms with Crippen LogP contribution >= 0.6 is 15.9 Å². The molecule has 0 amide bonds. The molecular weight excluding hydrogens is 326 g/mol. The number of anilines is 1. The fourth-order valence-electron chi connectivity index (χ4n) is 2.24. The van der Waals surface area contributed by atoms with Crippen LogP contribution in [0.15, 0.2) is 71.5 Å². The summed E-state index contributed by atoms with van der Waals surface area (Å²) in [6.07, 6.45) is 3.72. The van der Waals surface area contributed by atoms with E-state index in [0.717, 1.165) is 15.8 Å². The van der Waals surface area contributed by atoms with E-state index in [1.807, 2.05) is 29.1 Å². The van der Waals surface area contributed by atoms with E-state index in [2.05, 4.69) is 69.7 Å². The van der Waals surface area contributed by atoms with Crippen molar-refractivity contribution in [1.82, 2.24) is 9.78 Å². The maximum atomic E-state index is 4.26. The van der Waals surface area contributed by atoms with Gasteiger partial charge >= 0.3 is 0 Å². The van der Waals surface area contributed by atoms with Gasteiger partial charge in [0, 0.05) is 28.6 Å². The van der Waals surface area contributed by atoms with Crippen molar-refractivity contribution >= 4 is 21.6 Å². The molecule has 3 nitrogen and oxygen atoms in total. The fraction of sp³-hybridized carbons (Fsp3) is 0.118. The third-order valence-corrected chi connectivity index (χ3v) is 3.90. The van der Waals surface area contributed by atoms with Crippen molar-refractivity contribution in [2.45, 2.75) is 13.0 Å². The summed E-state index contributed by atoms with van der Waals surface area (Å²) in [4.78, 5) is 0. The lowest BCUT2D eigenvalue weighted by atomic mass is 10.1. The number of hydrogen-bond donors (Lipinski definition) is 1. The lowest BCUT2D eigenvalue weighted by Gasteiger charge is -2.16. The van der Waals surface area contributed by atoms with Crippen molar-refractivity contribution in [2.24, 2.45) is 0 Å². The maximum Gasteiger partial charge on any atom is 0.0666 e. The summed E-state index contributed by atoms with van der Waals surface area (Å²) >= 11 is 3.46. The summed E-state index contributed by atoms with van der Waals surface area (Å²) in [6, 6.07) is 18.8. The monoisotopic (exact) mass is 341 g/mol. The standard InChI is InChI=1S/C17H16BrN3/c1-13(14-6-8-15(18)9-7-14)20-16-4-2-5-17(12-16)21-11-3-10-19-21/h2-13,20H,1H3. The Morgan fingerprint density at radius 3 is 2.62 bits per heavy atom. The predicted molar refractivity (Wildman–Crippen MR) is 89.7 cm³/mol. The van der Waals surface area contributed by atoms with Gasteiger partial charge in [0.25, 0.3) is 0 Å². The van der Waals surface area contributed by atoms with Gasteiger partial charge < -0.3 is 5.32 Å². The zero-order valence-electron chi connectivity index (χ0n) is 11.7. The van der Waals surface area contributed by atoms with Gasteiger partial charge in [0.05, 0.1) is 5.69 Å². The average molecular weight is 342 g/mol. The van der Waals surface area contributed by atoms with Crippen LogP contribution in [0.3, 0.4) is 0 Å². The molecule has 0 saturated carbocycles. The summed E-state index contributed by atoms with van der Waals surface area (Å²) < 4.78 is 2.95. The minimum atomic E-state index is 0.242. The molecule has 0 fully saturated rings. The third kappa shape index (κ3) is 3.34. The Labute approximate surface area is 132 Å². The van der Waals surface area contributed by atoms with Gasteiger partial charge in [0.2, 0.25) is 0 Å². The number of rotatable bonds is 4. The Balaban J connectivity index is 1.78. The van der Waals surface area contributed by atoms with Crippen LogP contribution in [0.1, 0.15) is 18.5 Å². The van der Waals surface area contributed by atoms with Crippen LogP contribution in [0, 0.1) is 0 Å². The van der Waals surface area contributed by atoms with Crippen molar-refractivity contribution in [3.05, 3.63) is 77.0 Å². The number of nitrogens with zero attached hydrogens (tertiary/aromatic N) is 2. The lowest BCUT2D eigenvalue weighted by molar-refractivity contribution is 0.869. The molecule has 0 aliphatic heterocycles. The topological polar surface area (TPSA) is 29.9 Å². The number of hydrogen-bond acceptors (Lipinski definition) is 2. The van der Waals surface area contributed by atoms with Crippen molar-refractivity contribution < 1.29 is 0 Å². The van der Waals surface area contributed by atoms with E-state index >= 15 is 0 Å². The largest absolute Gasteiger partial charge is 0.378 e. The average Bonchev–Trinajstić information content (AvgIpc) is 3.02. The number of nitrogens with one attached hydrogen (secondary N) is 1. The van der Waals surface area contributed by atoms with Crippen molar-refractivity contribution in [3.8, 4) is 5.69 Å². The smallest absolute Gasteiger partial charge is 0.0666 e. The van der Waals surface area contributed by atoms with Gasteiger partial charge in [-0.1, -0.05) is 34.1 Å². The van der Waals surface area contributed by atoms with Crippen LogP contribution in [-0.4, -0.2) is 9.78 Å². The molecular formula is C17H16BrN3. The van der Waals surface area contributed by atoms with Crippen LogP contribution in [0.4, 0.5) is 5.69 Å². The van der Waals surface area contributed by atoms with Crippen molar-refractivity contribution in [1.29, 1.82) is 0 Å². The highest BCUT2D eigenvalue weighted by Gasteiger charge is 2.06. The summed E-state index contributed by atoms with van der Waals surface area (Å²) in [5.41, 5.74) is 3.38. The molecule has 1 heterocycles. The summed E-state index contributed by atoms with van der Waals surface area (Å²) in [5.74, 6) is 0. The highest BCUT2D eigenvalue weighted by molar-refractivity contribution is 9.10. The molecule has 2 aromatic carbocycles. The number of halogens is 1. The van der Waals surface area contributed by atoms with Crippen molar-refractivity contribution in [2.75, 3.05) is 5.32 Å². The molecule has 0 spiro atoms. The van der Waals surface area contributed by atoms with Gasteiger partial charge in [-0.05, 0) is 48.9 Å². The lowest BCUT2D eigenvalue weighted by Crippen LogP contribution is -2.07. The molecule has 21 heavy (non-hydrogen) atoms. The van der Waals surface area contributed by atoms with Crippen molar-refractivity contribution in [3.63, 3.8) is 0 Å². The van der Waals surface area contributed by atoms with E-state index in [-0.39, 0.29) is 6.04 Å². The van der Waals surface area contributed by atoms with E-state index in [1.165, 1.54) is 5.56 Å². The zero-order valence-corrected chi connectivity index (χ0v) is 13.3. The Kier molecular flexibility index (Phi) is 4.06. The number of benzene rings is 2. The summed E-state index contributed by atoms with van der Waals surface area (Å²) in [5, 5.41) is 7.78. The van der Waals surface area contributed by atoms with Gasteiger partial charge in [-0.2, -0.15) is 5.10 Å². The van der Waals surface area contributed by atoms with E-state index in [0.29, 0.717) is 0 Å². The second kappa shape index (κ2) is 6.14. The normalized spacial score (nSPS) is 12.1. The highest BCUT2D eigenvalue weighted by atomic mass is 79.9. The molecule has 4 heteroatoms. The second-order valence-corrected chi connectivity index (χ2v) is 5.83. The Morgan fingerprint density at radius 2 is 1.90 bits per heavy atom. The van der Waals surface area contributed by atoms with E-state index < -0.39 is 0 Å². The van der Waals surface area contributed by atoms with Gasteiger partial charge in [-0.25, -0.2) is 4.68 Å². The zero-order chi connectivity index (χ0) is 14.7. The minimum Gasteiger partial charge on any atom is -0.378 e. The van der Waals surface area contributed by atoms with E-state index in [4.69, 9.17) is 0 Å². The number of aromatic nitrogens is 2. The van der Waals surface area contributed by atoms with Crippen LogP contribution in [0.25, 0.3) is 5.69 Å². The first-order valence-corrected chi connectivity index (χ1v) is 7.64. The van der Waals surface area contributed by atoms with Crippen LogP contribution in [-0.2, 0) is 0 Å². The molecule has 0 saturated heterocycles. The molecule has 1 unspecified atom stereocenters. The molecule has 106 valence electrons. The first kappa shape index (κ1) is 13.9. The van der Waals surface area contributed by atoms with E-state index in [9.17, 15) is 0 Å². The first-order chi connectivity index (χ1) is 10.2. The Morgan fingerprint density at radius 1 is 1.10 bits per heavy atom. The highest BCUT2D eigenvalue weighted by Crippen LogP contribution is 2.22. The van der Waals surface area contributed by atoms with Crippen LogP contribution in [0.2, 0.25) is 0 Å². The molecule has 0 aliphatic carbocycles. The molecule has 1 N–H and O–H groups in total. The second-order valence-electron chi connectivity index (χ2n) is 4.92. The first-order valence-electron chi connectivity index (χ1n) is 6.84. The summed E-state index contributed by atoms with van der Waals surface area (Å²) in [6.45, 7) is 2.16. The quantitative estimate of drug-likeness (QED) is 0.738. The molecule has 0 bridgehead atoms. The molecule has 1 atom stereocenters. The fourth-order valence-corrected chi connectivity index (χ4v) is 2.51.